The van der Waals surface area contributed by atoms with E-state index >= 15 is 0 Å². The Balaban J connectivity index is 1.68. The van der Waals surface area contributed by atoms with Gasteiger partial charge in [0, 0.05) is 24.5 Å². The molecule has 1 aliphatic rings. The Morgan fingerprint density at radius 2 is 1.71 bits per heavy atom. The number of carbonyl (C=O) groups is 1. The third-order valence-electron chi connectivity index (χ3n) is 4.94. The smallest absolute Gasteiger partial charge is 0.267 e. The summed E-state index contributed by atoms with van der Waals surface area (Å²) in [5.74, 6) is 0.653. The highest BCUT2D eigenvalue weighted by Crippen LogP contribution is 2.34. The molecule has 1 amide bonds. The van der Waals surface area contributed by atoms with Crippen LogP contribution in [0.25, 0.3) is 5.69 Å². The summed E-state index contributed by atoms with van der Waals surface area (Å²) in [5, 5.41) is 6.51. The van der Waals surface area contributed by atoms with Crippen molar-refractivity contribution in [1.29, 1.82) is 0 Å². The highest BCUT2D eigenvalue weighted by atomic mass is 32.1. The first-order chi connectivity index (χ1) is 13.6. The van der Waals surface area contributed by atoms with Crippen molar-refractivity contribution in [2.75, 3.05) is 23.3 Å². The predicted molar refractivity (Wildman–Crippen MR) is 118 cm³/mol. The molecule has 1 aliphatic heterocycles. The molecule has 0 saturated heterocycles. The second kappa shape index (κ2) is 7.77. The molecule has 0 fully saturated rings. The molecule has 0 radical (unpaired) electrons. The molecular weight excluding hydrogens is 388 g/mol. The third kappa shape index (κ3) is 3.31. The number of hydrogen-bond donors (Lipinski definition) is 2. The number of thiazole rings is 1. The monoisotopic (exact) mass is 410 g/mol. The van der Waals surface area contributed by atoms with Crippen molar-refractivity contribution in [3.05, 3.63) is 69.0 Å². The summed E-state index contributed by atoms with van der Waals surface area (Å²) in [5.41, 5.74) is 3.13. The van der Waals surface area contributed by atoms with Crippen LogP contribution in [0.1, 0.15) is 35.2 Å². The molecule has 0 saturated carbocycles. The number of rotatable bonds is 5. The van der Waals surface area contributed by atoms with Gasteiger partial charge in [0.25, 0.3) is 5.91 Å². The van der Waals surface area contributed by atoms with E-state index in [1.165, 1.54) is 17.0 Å². The summed E-state index contributed by atoms with van der Waals surface area (Å²) in [7, 11) is 0. The summed E-state index contributed by atoms with van der Waals surface area (Å²) in [6.07, 6.45) is -0.301. The molecule has 3 aromatic rings. The molecule has 4 rings (SSSR count). The lowest BCUT2D eigenvalue weighted by Crippen LogP contribution is -2.38. The fraction of sp³-hybridized carbons (Fsp3) is 0.238. The normalized spacial score (nSPS) is 15.5. The number of hydrogen-bond acceptors (Lipinski definition) is 5. The molecule has 0 aliphatic carbocycles. The Kier molecular flexibility index (Phi) is 5.19. The van der Waals surface area contributed by atoms with Gasteiger partial charge in [0.1, 0.15) is 16.9 Å². The molecule has 0 spiro atoms. The molecule has 144 valence electrons. The van der Waals surface area contributed by atoms with E-state index < -0.39 is 0 Å². The van der Waals surface area contributed by atoms with Crippen molar-refractivity contribution < 1.29 is 4.79 Å². The third-order valence-corrected chi connectivity index (χ3v) is 6.32. The van der Waals surface area contributed by atoms with Crippen molar-refractivity contribution in [2.24, 2.45) is 0 Å². The summed E-state index contributed by atoms with van der Waals surface area (Å²) >= 11 is 6.87. The van der Waals surface area contributed by atoms with Crippen LogP contribution < -0.4 is 15.5 Å². The van der Waals surface area contributed by atoms with E-state index in [9.17, 15) is 4.79 Å². The van der Waals surface area contributed by atoms with E-state index in [1.54, 1.807) is 0 Å². The van der Waals surface area contributed by atoms with Gasteiger partial charge in [0.15, 0.2) is 3.95 Å². The van der Waals surface area contributed by atoms with Gasteiger partial charge in [-0.1, -0.05) is 41.7 Å². The highest BCUT2D eigenvalue weighted by molar-refractivity contribution is 7.73. The van der Waals surface area contributed by atoms with E-state index in [1.807, 2.05) is 34.9 Å². The van der Waals surface area contributed by atoms with Crippen LogP contribution in [0.15, 0.2) is 54.6 Å². The summed E-state index contributed by atoms with van der Waals surface area (Å²) in [4.78, 5) is 15.6. The number of nitrogens with zero attached hydrogens (tertiary/aromatic N) is 2. The van der Waals surface area contributed by atoms with E-state index in [0.717, 1.165) is 30.2 Å². The molecule has 2 N–H and O–H groups in total. The van der Waals surface area contributed by atoms with Gasteiger partial charge in [-0.05, 0) is 55.9 Å². The zero-order valence-corrected chi connectivity index (χ0v) is 17.4. The molecule has 5 nitrogen and oxygen atoms in total. The Labute approximate surface area is 173 Å². The lowest BCUT2D eigenvalue weighted by atomic mass is 10.1. The van der Waals surface area contributed by atoms with Gasteiger partial charge in [0.05, 0.1) is 0 Å². The number of fused-ring (bicyclic) bond motifs is 1. The first-order valence-electron chi connectivity index (χ1n) is 9.36. The van der Waals surface area contributed by atoms with E-state index in [-0.39, 0.29) is 12.1 Å². The van der Waals surface area contributed by atoms with Gasteiger partial charge in [-0.2, -0.15) is 0 Å². The number of para-hydroxylation sites is 1. The Morgan fingerprint density at radius 3 is 2.36 bits per heavy atom. The largest absolute Gasteiger partial charge is 0.372 e. The van der Waals surface area contributed by atoms with Crippen molar-refractivity contribution in [3.63, 3.8) is 0 Å². The number of benzene rings is 2. The number of aromatic nitrogens is 1. The lowest BCUT2D eigenvalue weighted by Gasteiger charge is -2.28. The van der Waals surface area contributed by atoms with Gasteiger partial charge >= 0.3 is 0 Å². The van der Waals surface area contributed by atoms with Crippen molar-refractivity contribution in [1.82, 2.24) is 9.88 Å². The highest BCUT2D eigenvalue weighted by Gasteiger charge is 2.29. The number of amides is 1. The molecule has 2 heterocycles. The summed E-state index contributed by atoms with van der Waals surface area (Å²) in [6.45, 7) is 6.22. The molecule has 28 heavy (non-hydrogen) atoms. The molecular formula is C21H22N4OS2. The Bertz CT molecular complexity index is 1040. The van der Waals surface area contributed by atoms with Crippen LogP contribution in [0.2, 0.25) is 0 Å². The van der Waals surface area contributed by atoms with Crippen LogP contribution in [0, 0.1) is 3.95 Å². The zero-order chi connectivity index (χ0) is 19.7. The molecule has 1 aromatic heterocycles. The SMILES string of the molecule is CCN(CC)c1ccc(C2NC(=O)c3sc(=S)n(-c4ccccc4)c3N2)cc1. The van der Waals surface area contributed by atoms with Gasteiger partial charge in [-0.25, -0.2) is 0 Å². The fourth-order valence-corrected chi connectivity index (χ4v) is 4.78. The molecule has 2 aromatic carbocycles. The van der Waals surface area contributed by atoms with Crippen LogP contribution in [0.3, 0.4) is 0 Å². The van der Waals surface area contributed by atoms with Crippen LogP contribution in [0.5, 0.6) is 0 Å². The maximum absolute atomic E-state index is 12.7. The van der Waals surface area contributed by atoms with Crippen LogP contribution in [0.4, 0.5) is 11.5 Å². The fourth-order valence-electron chi connectivity index (χ4n) is 3.47. The quantitative estimate of drug-likeness (QED) is 0.583. The summed E-state index contributed by atoms with van der Waals surface area (Å²) < 4.78 is 2.59. The van der Waals surface area contributed by atoms with Gasteiger partial charge in [-0.15, -0.1) is 0 Å². The van der Waals surface area contributed by atoms with Crippen LogP contribution in [-0.4, -0.2) is 23.6 Å². The van der Waals surface area contributed by atoms with Crippen molar-refractivity contribution in [2.45, 2.75) is 20.0 Å². The second-order valence-corrected chi connectivity index (χ2v) is 8.18. The number of carbonyl (C=O) groups excluding carboxylic acids is 1. The van der Waals surface area contributed by atoms with E-state index in [0.29, 0.717) is 8.83 Å². The number of anilines is 2. The first-order valence-corrected chi connectivity index (χ1v) is 10.6. The minimum absolute atomic E-state index is 0.0997. The van der Waals surface area contributed by atoms with Crippen molar-refractivity contribution >= 4 is 41.0 Å². The molecule has 0 bridgehead atoms. The maximum atomic E-state index is 12.7. The van der Waals surface area contributed by atoms with Gasteiger partial charge in [0.2, 0.25) is 0 Å². The Morgan fingerprint density at radius 1 is 1.04 bits per heavy atom. The standard InChI is InChI=1S/C21H22N4OS2/c1-3-24(4-2)15-12-10-14(11-13-15)18-22-19-17(20(26)23-18)28-21(27)25(19)16-8-6-5-7-9-16/h5-13,18,22H,3-4H2,1-2H3,(H,23,26). The van der Waals surface area contributed by atoms with E-state index in [2.05, 4.69) is 53.6 Å². The van der Waals surface area contributed by atoms with Crippen LogP contribution in [-0.2, 0) is 0 Å². The average Bonchev–Trinajstić information content (AvgIpc) is 3.06. The maximum Gasteiger partial charge on any atom is 0.267 e. The topological polar surface area (TPSA) is 49.3 Å². The molecule has 7 heteroatoms. The molecule has 1 unspecified atom stereocenters. The Hall–Kier alpha value is -2.64. The van der Waals surface area contributed by atoms with Gasteiger partial charge in [-0.3, -0.25) is 9.36 Å². The second-order valence-electron chi connectivity index (χ2n) is 6.53. The number of nitrogens with one attached hydrogen (secondary N) is 2. The molecule has 1 atom stereocenters. The predicted octanol–water partition coefficient (Wildman–Crippen LogP) is 4.97. The minimum atomic E-state index is -0.301. The lowest BCUT2D eigenvalue weighted by molar-refractivity contribution is 0.0939. The minimum Gasteiger partial charge on any atom is -0.372 e. The van der Waals surface area contributed by atoms with Crippen LogP contribution >= 0.6 is 23.6 Å². The average molecular weight is 411 g/mol. The van der Waals surface area contributed by atoms with E-state index in [4.69, 9.17) is 12.2 Å². The van der Waals surface area contributed by atoms with Crippen molar-refractivity contribution in [3.8, 4) is 5.69 Å². The first kappa shape index (κ1) is 18.7. The zero-order valence-electron chi connectivity index (χ0n) is 15.8. The van der Waals surface area contributed by atoms with Gasteiger partial charge < -0.3 is 15.5 Å². The summed E-state index contributed by atoms with van der Waals surface area (Å²) in [6, 6.07) is 18.2.